The normalized spacial score (nSPS) is 10.3. The van der Waals surface area contributed by atoms with Gasteiger partial charge in [0.2, 0.25) is 0 Å². The number of benzene rings is 2. The molecule has 0 aliphatic heterocycles. The van der Waals surface area contributed by atoms with E-state index in [4.69, 9.17) is 22.1 Å². The molecule has 0 saturated heterocycles. The van der Waals surface area contributed by atoms with E-state index in [-0.39, 0.29) is 17.9 Å². The minimum atomic E-state index is -0.587. The third kappa shape index (κ3) is 3.49. The summed E-state index contributed by atoms with van der Waals surface area (Å²) < 4.78 is 19.0. The second-order valence-corrected chi connectivity index (χ2v) is 5.37. The number of esters is 1. The third-order valence-corrected chi connectivity index (χ3v) is 3.45. The summed E-state index contributed by atoms with van der Waals surface area (Å²) in [5, 5.41) is 0.491. The topological polar surface area (TPSA) is 52.3 Å². The molecule has 0 aromatic heterocycles. The summed E-state index contributed by atoms with van der Waals surface area (Å²) in [5.41, 5.74) is 6.17. The molecule has 0 aliphatic rings. The molecule has 3 nitrogen and oxygen atoms in total. The number of ether oxygens (including phenoxy) is 1. The lowest BCUT2D eigenvalue weighted by atomic mass is 10.2. The number of anilines is 1. The van der Waals surface area contributed by atoms with Crippen molar-refractivity contribution in [3.05, 3.63) is 62.8 Å². The molecule has 0 spiro atoms. The van der Waals surface area contributed by atoms with Crippen LogP contribution in [0.3, 0.4) is 0 Å². The number of hydrogen-bond acceptors (Lipinski definition) is 3. The second-order valence-electron chi connectivity index (χ2n) is 4.05. The molecule has 0 bridgehead atoms. The molecule has 2 N–H and O–H groups in total. The van der Waals surface area contributed by atoms with Gasteiger partial charge in [-0.25, -0.2) is 9.18 Å². The van der Waals surface area contributed by atoms with Crippen LogP contribution in [0.2, 0.25) is 5.02 Å². The lowest BCUT2D eigenvalue weighted by Gasteiger charge is -2.07. The van der Waals surface area contributed by atoms with Gasteiger partial charge in [0.05, 0.1) is 11.3 Å². The van der Waals surface area contributed by atoms with E-state index >= 15 is 0 Å². The number of carbonyl (C=O) groups excluding carboxylic acids is 1. The van der Waals surface area contributed by atoms with Gasteiger partial charge in [0.15, 0.2) is 0 Å². The first-order valence-corrected chi connectivity index (χ1v) is 6.80. The first-order valence-electron chi connectivity index (χ1n) is 5.63. The van der Waals surface area contributed by atoms with Gasteiger partial charge >= 0.3 is 5.97 Å². The third-order valence-electron chi connectivity index (χ3n) is 2.61. The minimum Gasteiger partial charge on any atom is -0.457 e. The highest BCUT2D eigenvalue weighted by atomic mass is 79.9. The van der Waals surface area contributed by atoms with Gasteiger partial charge in [-0.1, -0.05) is 33.6 Å². The van der Waals surface area contributed by atoms with E-state index in [0.717, 1.165) is 10.5 Å². The molecule has 0 saturated carbocycles. The molecule has 0 atom stereocenters. The number of halogens is 3. The maximum Gasteiger partial charge on any atom is 0.338 e. The summed E-state index contributed by atoms with van der Waals surface area (Å²) in [7, 11) is 0. The largest absolute Gasteiger partial charge is 0.457 e. The van der Waals surface area contributed by atoms with Crippen LogP contribution in [-0.4, -0.2) is 5.97 Å². The summed E-state index contributed by atoms with van der Waals surface area (Å²) in [5.74, 6) is -1.16. The van der Waals surface area contributed by atoms with Crippen LogP contribution in [0.15, 0.2) is 40.9 Å². The Balaban J connectivity index is 2.06. The van der Waals surface area contributed by atoms with Crippen molar-refractivity contribution in [3.8, 4) is 0 Å². The van der Waals surface area contributed by atoms with Crippen molar-refractivity contribution in [2.24, 2.45) is 0 Å². The highest BCUT2D eigenvalue weighted by molar-refractivity contribution is 9.10. The lowest BCUT2D eigenvalue weighted by Crippen LogP contribution is -2.06. The zero-order valence-electron chi connectivity index (χ0n) is 10.2. The van der Waals surface area contributed by atoms with Crippen LogP contribution in [0.4, 0.5) is 10.1 Å². The van der Waals surface area contributed by atoms with Crippen molar-refractivity contribution in [3.63, 3.8) is 0 Å². The Bertz CT molecular complexity index is 664. The number of rotatable bonds is 3. The molecule has 0 unspecified atom stereocenters. The van der Waals surface area contributed by atoms with Crippen molar-refractivity contribution < 1.29 is 13.9 Å². The van der Waals surface area contributed by atoms with Crippen molar-refractivity contribution in [1.82, 2.24) is 0 Å². The predicted molar refractivity (Wildman–Crippen MR) is 79.1 cm³/mol. The fraction of sp³-hybridized carbons (Fsp3) is 0.0714. The second kappa shape index (κ2) is 6.24. The fourth-order valence-electron chi connectivity index (χ4n) is 1.54. The molecule has 20 heavy (non-hydrogen) atoms. The molecule has 0 fully saturated rings. The Morgan fingerprint density at radius 1 is 1.30 bits per heavy atom. The van der Waals surface area contributed by atoms with Gasteiger partial charge in [0.25, 0.3) is 0 Å². The first-order chi connectivity index (χ1) is 9.47. The molecule has 0 radical (unpaired) electrons. The minimum absolute atomic E-state index is 0.0300. The first kappa shape index (κ1) is 14.8. The van der Waals surface area contributed by atoms with Crippen LogP contribution < -0.4 is 5.73 Å². The average Bonchev–Trinajstić information content (AvgIpc) is 2.40. The Hall–Kier alpha value is -1.59. The van der Waals surface area contributed by atoms with Crippen LogP contribution in [0, 0.1) is 5.82 Å². The van der Waals surface area contributed by atoms with E-state index in [0.29, 0.717) is 10.6 Å². The van der Waals surface area contributed by atoms with E-state index in [9.17, 15) is 9.18 Å². The molecule has 2 aromatic rings. The fourth-order valence-corrected chi connectivity index (χ4v) is 2.26. The maximum atomic E-state index is 13.0. The summed E-state index contributed by atoms with van der Waals surface area (Å²) in [6.07, 6.45) is 0. The monoisotopic (exact) mass is 357 g/mol. The van der Waals surface area contributed by atoms with Crippen molar-refractivity contribution >= 4 is 39.2 Å². The van der Waals surface area contributed by atoms with Crippen LogP contribution in [0.5, 0.6) is 0 Å². The summed E-state index contributed by atoms with van der Waals surface area (Å²) in [4.78, 5) is 11.8. The molecular formula is C14H10BrClFNO2. The lowest BCUT2D eigenvalue weighted by molar-refractivity contribution is 0.0473. The maximum absolute atomic E-state index is 13.0. The van der Waals surface area contributed by atoms with Crippen molar-refractivity contribution in [2.75, 3.05) is 5.73 Å². The molecule has 0 amide bonds. The van der Waals surface area contributed by atoms with Crippen molar-refractivity contribution in [2.45, 2.75) is 6.61 Å². The predicted octanol–water partition coefficient (Wildman–Crippen LogP) is 4.18. The number of nitrogens with two attached hydrogens (primary N) is 1. The van der Waals surface area contributed by atoms with E-state index in [1.54, 1.807) is 18.2 Å². The van der Waals surface area contributed by atoms with E-state index in [2.05, 4.69) is 15.9 Å². The quantitative estimate of drug-likeness (QED) is 0.661. The Morgan fingerprint density at radius 2 is 2.05 bits per heavy atom. The van der Waals surface area contributed by atoms with E-state index in [1.165, 1.54) is 12.1 Å². The van der Waals surface area contributed by atoms with Gasteiger partial charge in [-0.3, -0.25) is 0 Å². The van der Waals surface area contributed by atoms with Crippen LogP contribution >= 0.6 is 27.5 Å². The molecule has 104 valence electrons. The smallest absolute Gasteiger partial charge is 0.338 e. The molecule has 0 heterocycles. The van der Waals surface area contributed by atoms with Gasteiger partial charge in [-0.15, -0.1) is 0 Å². The molecule has 0 aliphatic carbocycles. The SMILES string of the molecule is Nc1cc(C(=O)OCc2ccc(Br)cc2Cl)ccc1F. The Kier molecular flexibility index (Phi) is 4.62. The zero-order chi connectivity index (χ0) is 14.7. The van der Waals surface area contributed by atoms with Crippen molar-refractivity contribution in [1.29, 1.82) is 0 Å². The van der Waals surface area contributed by atoms with E-state index in [1.807, 2.05) is 0 Å². The summed E-state index contributed by atoms with van der Waals surface area (Å²) in [6.45, 7) is 0.0300. The highest BCUT2D eigenvalue weighted by Crippen LogP contribution is 2.22. The zero-order valence-corrected chi connectivity index (χ0v) is 12.5. The van der Waals surface area contributed by atoms with E-state index < -0.39 is 11.8 Å². The molecule has 2 rings (SSSR count). The van der Waals surface area contributed by atoms with Gasteiger partial charge in [-0.05, 0) is 30.3 Å². The summed E-state index contributed by atoms with van der Waals surface area (Å²) >= 11 is 9.30. The molecular weight excluding hydrogens is 349 g/mol. The number of carbonyl (C=O) groups is 1. The number of nitrogen functional groups attached to an aromatic ring is 1. The van der Waals surface area contributed by atoms with Gasteiger partial charge in [-0.2, -0.15) is 0 Å². The van der Waals surface area contributed by atoms with Gasteiger partial charge in [0, 0.05) is 15.1 Å². The molecule has 6 heteroatoms. The highest BCUT2D eigenvalue weighted by Gasteiger charge is 2.11. The molecule has 2 aromatic carbocycles. The average molecular weight is 359 g/mol. The van der Waals surface area contributed by atoms with Gasteiger partial charge in [0.1, 0.15) is 12.4 Å². The summed E-state index contributed by atoms with van der Waals surface area (Å²) in [6, 6.07) is 8.93. The van der Waals surface area contributed by atoms with Crippen LogP contribution in [0.25, 0.3) is 0 Å². The standard InChI is InChI=1S/C14H10BrClFNO2/c15-10-3-1-9(11(16)6-10)7-20-14(19)8-2-4-12(17)13(18)5-8/h1-6H,7,18H2. The Labute approximate surface area is 128 Å². The number of hydrogen-bond donors (Lipinski definition) is 1. The van der Waals surface area contributed by atoms with Gasteiger partial charge < -0.3 is 10.5 Å². The van der Waals surface area contributed by atoms with Crippen LogP contribution in [-0.2, 0) is 11.3 Å². The Morgan fingerprint density at radius 3 is 2.70 bits per heavy atom. The van der Waals surface area contributed by atoms with Crippen LogP contribution in [0.1, 0.15) is 15.9 Å².